The van der Waals surface area contributed by atoms with E-state index in [-0.39, 0.29) is 51.4 Å². The molecule has 0 aliphatic carbocycles. The Balaban J connectivity index is 0. The van der Waals surface area contributed by atoms with Gasteiger partial charge in [-0.3, -0.25) is 0 Å². The van der Waals surface area contributed by atoms with E-state index in [1.165, 1.54) is 0 Å². The van der Waals surface area contributed by atoms with E-state index in [1.54, 1.807) is 0 Å². The van der Waals surface area contributed by atoms with Crippen molar-refractivity contribution in [1.82, 2.24) is 0 Å². The Bertz CT molecular complexity index is 67.1. The number of rotatable bonds is 0. The molecule has 0 aliphatic rings. The van der Waals surface area contributed by atoms with Crippen LogP contribution in [-0.4, -0.2) is 51.4 Å². The molecule has 51 valence electrons. The molecule has 0 saturated carbocycles. The quantitative estimate of drug-likeness (QED) is 0.502. The maximum Gasteiger partial charge on any atom is 0 e. The summed E-state index contributed by atoms with van der Waals surface area (Å²) in [5.41, 5.74) is 0. The second-order valence-corrected chi connectivity index (χ2v) is 55.8. The predicted octanol–water partition coefficient (Wildman–Crippen LogP) is 3.75. The first-order valence-electron chi connectivity index (χ1n) is 0.802. The van der Waals surface area contributed by atoms with Crippen LogP contribution >= 0.6 is 57.8 Å². The minimum absolute atomic E-state index is 0. The molecule has 0 aromatic heterocycles. The minimum Gasteiger partial charge on any atom is 0 e. The first-order valence-corrected chi connectivity index (χ1v) is 19.7. The van der Waals surface area contributed by atoms with Gasteiger partial charge in [0.1, 0.15) is 0 Å². The van der Waals surface area contributed by atoms with Crippen molar-refractivity contribution in [1.29, 1.82) is 0 Å². The molecular formula is Cl6KOs. The molecule has 0 bridgehead atoms. The second-order valence-electron chi connectivity index (χ2n) is 0.758. The Kier molecular flexibility index (Phi) is 5.55. The largest absolute Gasteiger partial charge is 0 e. The van der Waals surface area contributed by atoms with Gasteiger partial charge in [-0.1, -0.05) is 0 Å². The van der Waals surface area contributed by atoms with E-state index in [1.807, 2.05) is 0 Å². The normalized spacial score (nSPS) is 20.2. The molecule has 0 rings (SSSR count). The third-order valence-corrected chi connectivity index (χ3v) is 0. The van der Waals surface area contributed by atoms with Gasteiger partial charge in [-0.2, -0.15) is 0 Å². The molecular weight excluding hydrogens is 442 g/mol. The van der Waals surface area contributed by atoms with Gasteiger partial charge in [-0.05, 0) is 0 Å². The minimum atomic E-state index is -5.38. The smallest absolute Gasteiger partial charge is 0 e. The van der Waals surface area contributed by atoms with Gasteiger partial charge >= 0.3 is 64.5 Å². The number of hydrogen-bond acceptors (Lipinski definition) is 0. The van der Waals surface area contributed by atoms with Crippen LogP contribution in [0.1, 0.15) is 0 Å². The summed E-state index contributed by atoms with van der Waals surface area (Å²) in [6, 6.07) is 0. The van der Waals surface area contributed by atoms with Crippen LogP contribution in [0.15, 0.2) is 0 Å². The van der Waals surface area contributed by atoms with Crippen molar-refractivity contribution in [3.63, 3.8) is 0 Å². The molecule has 0 unspecified atom stereocenters. The molecule has 0 spiro atoms. The number of hydrogen-bond donors (Lipinski definition) is 0. The van der Waals surface area contributed by atoms with Gasteiger partial charge in [0.2, 0.25) is 0 Å². The number of halogens is 6. The average Bonchev–Trinajstić information content (AvgIpc) is 0.592. The zero-order chi connectivity index (χ0) is 6.41. The zero-order valence-corrected chi connectivity index (χ0v) is 13.8. The molecule has 0 N–H and O–H groups in total. The van der Waals surface area contributed by atoms with Gasteiger partial charge in [0.05, 0.1) is 0 Å². The Morgan fingerprint density at radius 3 is 0.625 bits per heavy atom. The molecule has 1 radical (unpaired) electrons. The summed E-state index contributed by atoms with van der Waals surface area (Å²) >= 11 is 0. The Morgan fingerprint density at radius 2 is 0.625 bits per heavy atom. The third kappa shape index (κ3) is 50.5. The molecule has 0 amide bonds. The summed E-state index contributed by atoms with van der Waals surface area (Å²) in [5.74, 6) is 0. The van der Waals surface area contributed by atoms with E-state index in [0.717, 1.165) is 0 Å². The molecule has 0 aromatic carbocycles. The second kappa shape index (κ2) is 3.05. The van der Waals surface area contributed by atoms with Crippen molar-refractivity contribution in [3.8, 4) is 0 Å². The molecule has 8 heavy (non-hydrogen) atoms. The Labute approximate surface area is 113 Å². The van der Waals surface area contributed by atoms with Crippen molar-refractivity contribution in [3.05, 3.63) is 0 Å². The van der Waals surface area contributed by atoms with Gasteiger partial charge in [0.15, 0.2) is 0 Å². The van der Waals surface area contributed by atoms with E-state index in [2.05, 4.69) is 0 Å². The van der Waals surface area contributed by atoms with Crippen molar-refractivity contribution < 1.29 is 6.64 Å². The maximum absolute atomic E-state index is 5.38. The summed E-state index contributed by atoms with van der Waals surface area (Å²) < 4.78 is 0. The fourth-order valence-electron chi connectivity index (χ4n) is 0. The monoisotopic (exact) mass is 441 g/mol. The van der Waals surface area contributed by atoms with Crippen LogP contribution in [0.25, 0.3) is 0 Å². The van der Waals surface area contributed by atoms with Gasteiger partial charge in [0, 0.05) is 51.4 Å². The van der Waals surface area contributed by atoms with Gasteiger partial charge in [-0.25, -0.2) is 0 Å². The predicted molar refractivity (Wildman–Crippen MR) is 40.9 cm³/mol. The van der Waals surface area contributed by atoms with Crippen LogP contribution in [0.4, 0.5) is 0 Å². The van der Waals surface area contributed by atoms with Crippen LogP contribution in [0, 0.1) is 0 Å². The topological polar surface area (TPSA) is 0 Å². The van der Waals surface area contributed by atoms with Crippen molar-refractivity contribution in [2.24, 2.45) is 0 Å². The van der Waals surface area contributed by atoms with Gasteiger partial charge < -0.3 is 0 Å². The summed E-state index contributed by atoms with van der Waals surface area (Å²) in [6.07, 6.45) is 0. The first kappa shape index (κ1) is 14.5. The van der Waals surface area contributed by atoms with Crippen molar-refractivity contribution in [2.75, 3.05) is 0 Å². The molecule has 0 saturated heterocycles. The van der Waals surface area contributed by atoms with Crippen LogP contribution in [0.3, 0.4) is 0 Å². The molecule has 0 aliphatic heterocycles. The van der Waals surface area contributed by atoms with Crippen molar-refractivity contribution >= 4 is 109 Å². The molecule has 0 aromatic rings. The fraction of sp³-hybridized carbons (Fsp3) is 0. The van der Waals surface area contributed by atoms with E-state index in [0.29, 0.717) is 0 Å². The van der Waals surface area contributed by atoms with Crippen LogP contribution < -0.4 is 0 Å². The Hall–Kier alpha value is 4.01. The maximum atomic E-state index is 5.06. The van der Waals surface area contributed by atoms with E-state index < -0.39 is 6.64 Å². The summed E-state index contributed by atoms with van der Waals surface area (Å²) in [4.78, 5) is 0. The molecule has 8 heteroatoms. The van der Waals surface area contributed by atoms with Gasteiger partial charge in [-0.15, -0.1) is 0 Å². The van der Waals surface area contributed by atoms with E-state index in [4.69, 9.17) is 57.8 Å². The summed E-state index contributed by atoms with van der Waals surface area (Å²) in [6.45, 7) is -5.38. The van der Waals surface area contributed by atoms with Crippen molar-refractivity contribution in [2.45, 2.75) is 0 Å². The summed E-state index contributed by atoms with van der Waals surface area (Å²) in [5, 5.41) is 0. The molecule has 0 heterocycles. The van der Waals surface area contributed by atoms with Gasteiger partial charge in [0.25, 0.3) is 0 Å². The third-order valence-electron chi connectivity index (χ3n) is 0. The Morgan fingerprint density at radius 1 is 0.625 bits per heavy atom. The van der Waals surface area contributed by atoms with Crippen LogP contribution in [-0.2, 0) is 6.64 Å². The van der Waals surface area contributed by atoms with E-state index in [9.17, 15) is 0 Å². The SMILES string of the molecule is [Cl][Os]([Cl])([Cl])([Cl])([Cl])[Cl].[K]. The molecule has 0 atom stereocenters. The summed E-state index contributed by atoms with van der Waals surface area (Å²) in [7, 11) is 30.4. The van der Waals surface area contributed by atoms with Crippen LogP contribution in [0.2, 0.25) is 0 Å². The standard InChI is InChI=1S/6ClH.K.Os/h6*1H;;/q;;;;;;;+6/p-6. The van der Waals surface area contributed by atoms with E-state index >= 15 is 0 Å². The first-order chi connectivity index (χ1) is 2.45. The molecule has 0 nitrogen and oxygen atoms in total. The zero-order valence-electron chi connectivity index (χ0n) is 3.62. The molecule has 0 fully saturated rings. The van der Waals surface area contributed by atoms with Crippen LogP contribution in [0.5, 0.6) is 0 Å². The fourth-order valence-corrected chi connectivity index (χ4v) is 0. The average molecular weight is 442 g/mol.